The van der Waals surface area contributed by atoms with Crippen molar-refractivity contribution >= 4 is 27.5 Å². The summed E-state index contributed by atoms with van der Waals surface area (Å²) in [6, 6.07) is 13.8. The second kappa shape index (κ2) is 12.5. The number of hydrogen-bond donors (Lipinski definition) is 4. The van der Waals surface area contributed by atoms with Crippen LogP contribution in [-0.4, -0.2) is 76.9 Å². The number of alkyl halides is 1. The van der Waals surface area contributed by atoms with Crippen LogP contribution < -0.4 is 14.9 Å². The molecule has 0 aromatic heterocycles. The molecule has 0 radical (unpaired) electrons. The van der Waals surface area contributed by atoms with Crippen LogP contribution in [0.1, 0.15) is 31.9 Å². The van der Waals surface area contributed by atoms with Crippen LogP contribution in [-0.2, 0) is 5.41 Å². The van der Waals surface area contributed by atoms with Gasteiger partial charge in [-0.05, 0) is 58.2 Å². The average Bonchev–Trinajstić information content (AvgIpc) is 3.14. The van der Waals surface area contributed by atoms with Gasteiger partial charge in [0.2, 0.25) is 0 Å². The van der Waals surface area contributed by atoms with Gasteiger partial charge in [0, 0.05) is 12.5 Å². The zero-order valence-corrected chi connectivity index (χ0v) is 23.4. The van der Waals surface area contributed by atoms with Gasteiger partial charge in [-0.15, -0.1) is 16.7 Å². The van der Waals surface area contributed by atoms with Crippen molar-refractivity contribution in [1.82, 2.24) is 15.6 Å². The van der Waals surface area contributed by atoms with E-state index in [0.29, 0.717) is 23.7 Å². The van der Waals surface area contributed by atoms with Crippen LogP contribution in [0.25, 0.3) is 0 Å². The van der Waals surface area contributed by atoms with Gasteiger partial charge in [-0.25, -0.2) is 0 Å². The fourth-order valence-corrected chi connectivity index (χ4v) is 4.53. The van der Waals surface area contributed by atoms with E-state index in [0.717, 1.165) is 21.3 Å². The summed E-state index contributed by atoms with van der Waals surface area (Å²) in [7, 11) is 1.82. The Labute approximate surface area is 226 Å². The first-order chi connectivity index (χ1) is 17.1. The first-order valence-corrected chi connectivity index (χ1v) is 13.1. The third kappa shape index (κ3) is 6.85. The normalized spacial score (nSPS) is 16.2. The molecule has 1 aliphatic rings. The van der Waals surface area contributed by atoms with Gasteiger partial charge in [0.15, 0.2) is 0 Å². The maximum atomic E-state index is 10.5. The van der Waals surface area contributed by atoms with Gasteiger partial charge in [-0.2, -0.15) is 0 Å². The lowest BCUT2D eigenvalue weighted by Gasteiger charge is -2.29. The van der Waals surface area contributed by atoms with Crippen LogP contribution >= 0.6 is 27.5 Å². The average molecular weight is 585 g/mol. The number of ether oxygens (including phenoxy) is 2. The molecule has 0 spiro atoms. The molecule has 0 fully saturated rings. The highest BCUT2D eigenvalue weighted by molar-refractivity contribution is 9.10. The summed E-state index contributed by atoms with van der Waals surface area (Å²) in [5.74, 6) is 1.44. The number of benzene rings is 2. The Morgan fingerprint density at radius 1 is 1.03 bits per heavy atom. The van der Waals surface area contributed by atoms with Crippen molar-refractivity contribution in [3.8, 4) is 11.5 Å². The van der Waals surface area contributed by atoms with E-state index in [1.807, 2.05) is 61.4 Å². The maximum Gasteiger partial charge on any atom is 0.133 e. The Hall–Kier alpha value is -2.01. The molecule has 2 aromatic carbocycles. The molecule has 36 heavy (non-hydrogen) atoms. The van der Waals surface area contributed by atoms with Crippen LogP contribution in [0.3, 0.4) is 0 Å². The van der Waals surface area contributed by atoms with Crippen molar-refractivity contribution in [3.05, 3.63) is 69.5 Å². The molecule has 2 atom stereocenters. The minimum absolute atomic E-state index is 0.0878. The van der Waals surface area contributed by atoms with Crippen molar-refractivity contribution in [2.75, 3.05) is 39.3 Å². The molecule has 3 rings (SSSR count). The smallest absolute Gasteiger partial charge is 0.133 e. The number of nitrogens with one attached hydrogen (secondary N) is 1. The summed E-state index contributed by atoms with van der Waals surface area (Å²) in [4.78, 5) is 0. The molecule has 0 bridgehead atoms. The minimum atomic E-state index is -0.720. The molecule has 0 aliphatic carbocycles. The van der Waals surface area contributed by atoms with E-state index in [4.69, 9.17) is 21.1 Å². The van der Waals surface area contributed by atoms with Gasteiger partial charge in [0.1, 0.15) is 36.9 Å². The number of aliphatic hydroxyl groups is 3. The van der Waals surface area contributed by atoms with E-state index in [1.165, 1.54) is 0 Å². The van der Waals surface area contributed by atoms with E-state index in [9.17, 15) is 15.3 Å². The molecule has 4 N–H and O–H groups in total. The molecular weight excluding hydrogens is 550 g/mol. The van der Waals surface area contributed by atoms with Gasteiger partial charge in [-0.3, -0.25) is 5.01 Å². The predicted octanol–water partition coefficient (Wildman–Crippen LogP) is 3.38. The molecule has 10 heteroatoms. The lowest BCUT2D eigenvalue weighted by molar-refractivity contribution is -0.0228. The number of allylic oxidation sites excluding steroid dienone is 1. The number of β-amino-alcohol motifs (C(OH)–C–C–N with tert-alkyl or cyclic N) is 1. The molecule has 0 amide bonds. The molecule has 1 aliphatic heterocycles. The zero-order valence-electron chi connectivity index (χ0n) is 21.0. The van der Waals surface area contributed by atoms with Crippen molar-refractivity contribution in [2.24, 2.45) is 0 Å². The lowest BCUT2D eigenvalue weighted by Crippen LogP contribution is -2.44. The molecule has 8 nitrogen and oxygen atoms in total. The Balaban J connectivity index is 1.59. The third-order valence-corrected chi connectivity index (χ3v) is 7.28. The van der Waals surface area contributed by atoms with Gasteiger partial charge >= 0.3 is 0 Å². The molecule has 0 unspecified atom stereocenters. The fourth-order valence-electron chi connectivity index (χ4n) is 3.94. The summed E-state index contributed by atoms with van der Waals surface area (Å²) in [5, 5.41) is 33.1. The highest BCUT2D eigenvalue weighted by Crippen LogP contribution is 2.36. The standard InChI is InChI=1S/C26H35BrClN3O5/c1-17-24(14-32)29-30(4)31(17)13-21(34)16-35-22-8-5-18(6-9-22)26(2,3)19-7-10-25(23(27)11-19)36-15-20(33)12-28/h5-11,20-21,29,32-34H,12-16H2,1-4H3/t20-,21+/m0/s1. The van der Waals surface area contributed by atoms with Crippen LogP contribution in [0, 0.1) is 0 Å². The van der Waals surface area contributed by atoms with E-state index in [2.05, 4.69) is 35.2 Å². The van der Waals surface area contributed by atoms with E-state index >= 15 is 0 Å². The number of halogens is 2. The van der Waals surface area contributed by atoms with E-state index < -0.39 is 12.2 Å². The lowest BCUT2D eigenvalue weighted by atomic mass is 9.78. The fraction of sp³-hybridized carbons (Fsp3) is 0.462. The largest absolute Gasteiger partial charge is 0.491 e. The highest BCUT2D eigenvalue weighted by atomic mass is 79.9. The second-order valence-corrected chi connectivity index (χ2v) is 10.5. The summed E-state index contributed by atoms with van der Waals surface area (Å²) in [6.45, 7) is 6.70. The van der Waals surface area contributed by atoms with Crippen LogP contribution in [0.5, 0.6) is 11.5 Å². The Kier molecular flexibility index (Phi) is 9.91. The van der Waals surface area contributed by atoms with Gasteiger partial charge < -0.3 is 30.2 Å². The van der Waals surface area contributed by atoms with E-state index in [1.54, 1.807) is 5.12 Å². The van der Waals surface area contributed by atoms with Crippen molar-refractivity contribution < 1.29 is 24.8 Å². The molecule has 0 saturated heterocycles. The van der Waals surface area contributed by atoms with Crippen LogP contribution in [0.15, 0.2) is 58.3 Å². The van der Waals surface area contributed by atoms with Gasteiger partial charge in [-0.1, -0.05) is 32.0 Å². The first-order valence-electron chi connectivity index (χ1n) is 11.7. The number of nitrogens with zero attached hydrogens (tertiary/aromatic N) is 2. The molecular formula is C26H35BrClN3O5. The molecule has 0 saturated carbocycles. The molecule has 1 heterocycles. The number of rotatable bonds is 12. The number of aliphatic hydroxyl groups excluding tert-OH is 3. The first kappa shape index (κ1) is 28.6. The van der Waals surface area contributed by atoms with Crippen molar-refractivity contribution in [2.45, 2.75) is 38.4 Å². The van der Waals surface area contributed by atoms with Crippen LogP contribution in [0.4, 0.5) is 0 Å². The van der Waals surface area contributed by atoms with Gasteiger partial charge in [0.05, 0.1) is 34.9 Å². The summed E-state index contributed by atoms with van der Waals surface area (Å²) >= 11 is 9.20. The minimum Gasteiger partial charge on any atom is -0.491 e. The number of hydrazine groups is 2. The topological polar surface area (TPSA) is 97.7 Å². The monoisotopic (exact) mass is 583 g/mol. The Morgan fingerprint density at radius 3 is 2.25 bits per heavy atom. The van der Waals surface area contributed by atoms with E-state index in [-0.39, 0.29) is 31.1 Å². The highest BCUT2D eigenvalue weighted by Gasteiger charge is 2.26. The summed E-state index contributed by atoms with van der Waals surface area (Å²) in [5.41, 5.74) is 6.55. The quantitative estimate of drug-likeness (QED) is 0.282. The van der Waals surface area contributed by atoms with Crippen molar-refractivity contribution in [3.63, 3.8) is 0 Å². The van der Waals surface area contributed by atoms with Crippen molar-refractivity contribution in [1.29, 1.82) is 0 Å². The molecule has 198 valence electrons. The van der Waals surface area contributed by atoms with Crippen LogP contribution in [0.2, 0.25) is 0 Å². The second-order valence-electron chi connectivity index (χ2n) is 9.32. The predicted molar refractivity (Wildman–Crippen MR) is 144 cm³/mol. The third-order valence-electron chi connectivity index (χ3n) is 6.31. The summed E-state index contributed by atoms with van der Waals surface area (Å²) in [6.07, 6.45) is -1.43. The maximum absolute atomic E-state index is 10.5. The SMILES string of the molecule is CC1=C(CO)NN(C)N1C[C@@H](O)COc1ccc(C(C)(C)c2ccc(OC[C@@H](O)CCl)c(Br)c2)cc1. The zero-order chi connectivity index (χ0) is 26.5. The molecule has 2 aromatic rings. The van der Waals surface area contributed by atoms with Gasteiger partial charge in [0.25, 0.3) is 0 Å². The summed E-state index contributed by atoms with van der Waals surface area (Å²) < 4.78 is 12.3. The number of hydrogen-bond acceptors (Lipinski definition) is 8. The Morgan fingerprint density at radius 2 is 1.67 bits per heavy atom. The Bertz CT molecular complexity index is 1050.